The minimum absolute atomic E-state index is 0.103. The SMILES string of the molecule is CN1CCN([C@H]2CN(C(=O)Cc3cccs3)C[C@@H]2O)CC1. The van der Waals surface area contributed by atoms with E-state index in [9.17, 15) is 9.90 Å². The van der Waals surface area contributed by atoms with Crippen molar-refractivity contribution in [3.63, 3.8) is 0 Å². The smallest absolute Gasteiger partial charge is 0.227 e. The maximum absolute atomic E-state index is 12.3. The largest absolute Gasteiger partial charge is 0.390 e. The minimum atomic E-state index is -0.416. The maximum Gasteiger partial charge on any atom is 0.227 e. The zero-order valence-electron chi connectivity index (χ0n) is 12.4. The van der Waals surface area contributed by atoms with Crippen molar-refractivity contribution in [3.8, 4) is 0 Å². The molecular formula is C15H23N3O2S. The number of aliphatic hydroxyl groups is 1. The lowest BCUT2D eigenvalue weighted by molar-refractivity contribution is -0.129. The van der Waals surface area contributed by atoms with Crippen molar-refractivity contribution in [1.29, 1.82) is 0 Å². The molecule has 1 aromatic heterocycles. The van der Waals surface area contributed by atoms with E-state index in [2.05, 4.69) is 16.8 Å². The van der Waals surface area contributed by atoms with Crippen LogP contribution < -0.4 is 0 Å². The molecule has 1 N–H and O–H groups in total. The quantitative estimate of drug-likeness (QED) is 0.861. The highest BCUT2D eigenvalue weighted by molar-refractivity contribution is 7.10. The number of carbonyl (C=O) groups excluding carboxylic acids is 1. The number of nitrogens with zero attached hydrogens (tertiary/aromatic N) is 3. The van der Waals surface area contributed by atoms with Gasteiger partial charge in [-0.15, -0.1) is 11.3 Å². The molecule has 1 amide bonds. The zero-order valence-corrected chi connectivity index (χ0v) is 13.3. The molecule has 3 heterocycles. The first-order chi connectivity index (χ1) is 10.1. The van der Waals surface area contributed by atoms with Gasteiger partial charge in [0, 0.05) is 44.1 Å². The lowest BCUT2D eigenvalue weighted by Gasteiger charge is -2.37. The normalized spacial score (nSPS) is 28.2. The standard InChI is InChI=1S/C15H23N3O2S/c1-16-4-6-17(7-5-16)13-10-18(11-14(13)19)15(20)9-12-3-2-8-21-12/h2-3,8,13-14,19H,4-7,9-11H2,1H3/t13-,14-/m0/s1. The summed E-state index contributed by atoms with van der Waals surface area (Å²) >= 11 is 1.61. The molecule has 0 unspecified atom stereocenters. The van der Waals surface area contributed by atoms with Crippen molar-refractivity contribution in [1.82, 2.24) is 14.7 Å². The van der Waals surface area contributed by atoms with Crippen LogP contribution in [-0.4, -0.2) is 84.2 Å². The molecule has 0 spiro atoms. The number of likely N-dealkylation sites (tertiary alicyclic amines) is 1. The van der Waals surface area contributed by atoms with E-state index in [0.717, 1.165) is 31.1 Å². The number of β-amino-alcohol motifs (C(OH)–C–C–N with tert-alkyl or cyclic N) is 1. The van der Waals surface area contributed by atoms with Gasteiger partial charge >= 0.3 is 0 Å². The molecule has 0 aliphatic carbocycles. The van der Waals surface area contributed by atoms with Crippen LogP contribution in [0.3, 0.4) is 0 Å². The summed E-state index contributed by atoms with van der Waals surface area (Å²) in [7, 11) is 2.12. The summed E-state index contributed by atoms with van der Waals surface area (Å²) in [5, 5.41) is 12.3. The van der Waals surface area contributed by atoms with Gasteiger partial charge in [0.2, 0.25) is 5.91 Å². The van der Waals surface area contributed by atoms with Gasteiger partial charge < -0.3 is 14.9 Å². The zero-order chi connectivity index (χ0) is 14.8. The van der Waals surface area contributed by atoms with Crippen molar-refractivity contribution in [2.45, 2.75) is 18.6 Å². The Balaban J connectivity index is 1.56. The Morgan fingerprint density at radius 2 is 2.10 bits per heavy atom. The number of hydrogen-bond acceptors (Lipinski definition) is 5. The molecule has 2 atom stereocenters. The second-order valence-corrected chi connectivity index (χ2v) is 7.06. The first kappa shape index (κ1) is 15.0. The van der Waals surface area contributed by atoms with Crippen LogP contribution in [-0.2, 0) is 11.2 Å². The molecule has 2 aliphatic rings. The fourth-order valence-electron chi connectivity index (χ4n) is 3.16. The van der Waals surface area contributed by atoms with E-state index in [0.29, 0.717) is 19.5 Å². The number of rotatable bonds is 3. The van der Waals surface area contributed by atoms with Gasteiger partial charge in [0.15, 0.2) is 0 Å². The Kier molecular flexibility index (Phi) is 4.59. The van der Waals surface area contributed by atoms with Gasteiger partial charge in [0.25, 0.3) is 0 Å². The summed E-state index contributed by atoms with van der Waals surface area (Å²) in [6.45, 7) is 5.16. The molecule has 0 aromatic carbocycles. The third-order valence-electron chi connectivity index (χ3n) is 4.52. The van der Waals surface area contributed by atoms with Crippen LogP contribution >= 0.6 is 11.3 Å². The van der Waals surface area contributed by atoms with E-state index in [1.807, 2.05) is 22.4 Å². The van der Waals surface area contributed by atoms with Gasteiger partial charge in [-0.25, -0.2) is 0 Å². The molecule has 3 rings (SSSR count). The Hall–Kier alpha value is -0.950. The van der Waals surface area contributed by atoms with Crippen LogP contribution in [0.2, 0.25) is 0 Å². The van der Waals surface area contributed by atoms with Gasteiger partial charge in [-0.2, -0.15) is 0 Å². The lowest BCUT2D eigenvalue weighted by atomic mass is 10.1. The molecule has 2 fully saturated rings. The van der Waals surface area contributed by atoms with Gasteiger partial charge in [0.1, 0.15) is 0 Å². The summed E-state index contributed by atoms with van der Waals surface area (Å²) < 4.78 is 0. The number of hydrogen-bond donors (Lipinski definition) is 1. The highest BCUT2D eigenvalue weighted by Gasteiger charge is 2.38. The first-order valence-electron chi connectivity index (χ1n) is 7.54. The molecule has 0 saturated carbocycles. The van der Waals surface area contributed by atoms with Gasteiger partial charge in [-0.05, 0) is 18.5 Å². The van der Waals surface area contributed by atoms with E-state index in [1.165, 1.54) is 0 Å². The van der Waals surface area contributed by atoms with E-state index < -0.39 is 6.10 Å². The minimum Gasteiger partial charge on any atom is -0.390 e. The summed E-state index contributed by atoms with van der Waals surface area (Å²) in [5.41, 5.74) is 0. The third kappa shape index (κ3) is 3.45. The molecule has 116 valence electrons. The van der Waals surface area contributed by atoms with Crippen LogP contribution in [0, 0.1) is 0 Å². The Morgan fingerprint density at radius 1 is 1.33 bits per heavy atom. The molecule has 0 radical (unpaired) electrons. The van der Waals surface area contributed by atoms with Gasteiger partial charge in [0.05, 0.1) is 18.6 Å². The van der Waals surface area contributed by atoms with E-state index in [-0.39, 0.29) is 11.9 Å². The van der Waals surface area contributed by atoms with Gasteiger partial charge in [-0.3, -0.25) is 9.69 Å². The van der Waals surface area contributed by atoms with Crippen molar-refractivity contribution >= 4 is 17.2 Å². The Bertz CT molecular complexity index is 471. The number of likely N-dealkylation sites (N-methyl/N-ethyl adjacent to an activating group) is 1. The van der Waals surface area contributed by atoms with Crippen molar-refractivity contribution < 1.29 is 9.90 Å². The van der Waals surface area contributed by atoms with Crippen molar-refractivity contribution in [2.24, 2.45) is 0 Å². The predicted molar refractivity (Wildman–Crippen MR) is 83.5 cm³/mol. The molecule has 2 aliphatic heterocycles. The summed E-state index contributed by atoms with van der Waals surface area (Å²) in [4.78, 5) is 19.9. The summed E-state index contributed by atoms with van der Waals surface area (Å²) in [5.74, 6) is 0.133. The first-order valence-corrected chi connectivity index (χ1v) is 8.42. The van der Waals surface area contributed by atoms with E-state index >= 15 is 0 Å². The lowest BCUT2D eigenvalue weighted by Crippen LogP contribution is -2.52. The molecule has 5 nitrogen and oxygen atoms in total. The molecule has 6 heteroatoms. The van der Waals surface area contributed by atoms with Crippen LogP contribution in [0.4, 0.5) is 0 Å². The summed E-state index contributed by atoms with van der Waals surface area (Å²) in [6.07, 6.45) is 0.0422. The Labute approximate surface area is 129 Å². The topological polar surface area (TPSA) is 47.0 Å². The monoisotopic (exact) mass is 309 g/mol. The van der Waals surface area contributed by atoms with E-state index in [4.69, 9.17) is 0 Å². The number of carbonyl (C=O) groups is 1. The fraction of sp³-hybridized carbons (Fsp3) is 0.667. The fourth-order valence-corrected chi connectivity index (χ4v) is 3.86. The van der Waals surface area contributed by atoms with Crippen LogP contribution in [0.5, 0.6) is 0 Å². The molecule has 0 bridgehead atoms. The van der Waals surface area contributed by atoms with Crippen LogP contribution in [0.1, 0.15) is 4.88 Å². The second kappa shape index (κ2) is 6.44. The number of amides is 1. The molecule has 2 saturated heterocycles. The maximum atomic E-state index is 12.3. The average Bonchev–Trinajstić information content (AvgIpc) is 3.09. The highest BCUT2D eigenvalue weighted by atomic mass is 32.1. The highest BCUT2D eigenvalue weighted by Crippen LogP contribution is 2.20. The second-order valence-electron chi connectivity index (χ2n) is 6.03. The predicted octanol–water partition coefficient (Wildman–Crippen LogP) is 0.110. The summed E-state index contributed by atoms with van der Waals surface area (Å²) in [6, 6.07) is 4.07. The number of thiophene rings is 1. The molecule has 1 aromatic rings. The Morgan fingerprint density at radius 3 is 2.76 bits per heavy atom. The number of aliphatic hydroxyl groups excluding tert-OH is 1. The van der Waals surface area contributed by atoms with Crippen LogP contribution in [0.25, 0.3) is 0 Å². The van der Waals surface area contributed by atoms with Gasteiger partial charge in [-0.1, -0.05) is 6.07 Å². The third-order valence-corrected chi connectivity index (χ3v) is 5.40. The molecular weight excluding hydrogens is 286 g/mol. The van der Waals surface area contributed by atoms with Crippen LogP contribution in [0.15, 0.2) is 17.5 Å². The average molecular weight is 309 g/mol. The molecule has 21 heavy (non-hydrogen) atoms. The van der Waals surface area contributed by atoms with Crippen molar-refractivity contribution in [2.75, 3.05) is 46.3 Å². The number of piperazine rings is 1. The van der Waals surface area contributed by atoms with E-state index in [1.54, 1.807) is 11.3 Å². The van der Waals surface area contributed by atoms with Crippen molar-refractivity contribution in [3.05, 3.63) is 22.4 Å².